The first-order chi connectivity index (χ1) is 13.9. The summed E-state index contributed by atoms with van der Waals surface area (Å²) in [6.45, 7) is 1.61. The van der Waals surface area contributed by atoms with Crippen molar-refractivity contribution in [3.8, 4) is 0 Å². The fourth-order valence-corrected chi connectivity index (χ4v) is 3.19. The smallest absolute Gasteiger partial charge is 0.308 e. The number of carbonyl (C=O) groups is 2. The summed E-state index contributed by atoms with van der Waals surface area (Å²) in [4.78, 5) is 40.7. The zero-order chi connectivity index (χ0) is 20.8. The van der Waals surface area contributed by atoms with E-state index in [4.69, 9.17) is 4.74 Å². The number of nitrogens with one attached hydrogen (secondary N) is 1. The molecule has 0 spiro atoms. The van der Waals surface area contributed by atoms with Crippen LogP contribution >= 0.6 is 15.9 Å². The number of fused-ring (bicyclic) bond motifs is 1. The van der Waals surface area contributed by atoms with Gasteiger partial charge in [0, 0.05) is 11.0 Å². The molecule has 7 nitrogen and oxygen atoms in total. The molecule has 2 aromatic carbocycles. The quantitative estimate of drug-likeness (QED) is 0.550. The fraction of sp³-hybridized carbons (Fsp3) is 0.238. The Hall–Kier alpha value is -3.00. The number of hydrogen-bond donors (Lipinski definition) is 1. The minimum absolute atomic E-state index is 0.0391. The molecule has 1 unspecified atom stereocenters. The molecule has 1 aromatic heterocycles. The number of carbonyl (C=O) groups excluding carboxylic acids is 2. The molecule has 0 aliphatic heterocycles. The van der Waals surface area contributed by atoms with E-state index >= 15 is 0 Å². The number of nitrogens with zero attached hydrogens (tertiary/aromatic N) is 2. The highest BCUT2D eigenvalue weighted by Crippen LogP contribution is 2.15. The second-order valence-electron chi connectivity index (χ2n) is 6.52. The maximum Gasteiger partial charge on any atom is 0.308 e. The first-order valence-electron chi connectivity index (χ1n) is 9.08. The van der Waals surface area contributed by atoms with Crippen molar-refractivity contribution in [2.75, 3.05) is 6.61 Å². The summed E-state index contributed by atoms with van der Waals surface area (Å²) in [5.41, 5.74) is 1.31. The summed E-state index contributed by atoms with van der Waals surface area (Å²) < 4.78 is 7.14. The second kappa shape index (κ2) is 9.47. The number of hydrogen-bond acceptors (Lipinski definition) is 5. The lowest BCUT2D eigenvalue weighted by molar-refractivity contribution is -0.148. The van der Waals surface area contributed by atoms with Gasteiger partial charge in [0.25, 0.3) is 11.5 Å². The van der Waals surface area contributed by atoms with Gasteiger partial charge in [0.2, 0.25) is 0 Å². The molecule has 0 bridgehead atoms. The highest BCUT2D eigenvalue weighted by molar-refractivity contribution is 9.10. The van der Waals surface area contributed by atoms with Crippen LogP contribution in [0, 0.1) is 0 Å². The molecular weight excluding hydrogens is 438 g/mol. The molecule has 3 rings (SSSR count). The third-order valence-electron chi connectivity index (χ3n) is 4.38. The van der Waals surface area contributed by atoms with Gasteiger partial charge in [-0.05, 0) is 30.7 Å². The number of halogens is 1. The number of esters is 1. The van der Waals surface area contributed by atoms with Crippen LogP contribution < -0.4 is 10.9 Å². The number of benzene rings is 2. The standard InChI is InChI=1S/C21H20BrN3O4/c1-14(15-5-3-2-4-6-15)24-19(26)12-29-20(27)9-10-25-13-23-18-8-7-16(22)11-17(18)21(25)28/h2-8,11,13-14H,9-10,12H2,1H3,(H,24,26). The summed E-state index contributed by atoms with van der Waals surface area (Å²) in [5.74, 6) is -0.946. The van der Waals surface area contributed by atoms with Crippen molar-refractivity contribution in [3.63, 3.8) is 0 Å². The molecule has 0 saturated carbocycles. The third-order valence-corrected chi connectivity index (χ3v) is 4.88. The molecule has 0 saturated heterocycles. The summed E-state index contributed by atoms with van der Waals surface area (Å²) in [6.07, 6.45) is 1.36. The average molecular weight is 458 g/mol. The zero-order valence-corrected chi connectivity index (χ0v) is 17.4. The highest BCUT2D eigenvalue weighted by atomic mass is 79.9. The zero-order valence-electron chi connectivity index (χ0n) is 15.8. The molecule has 1 heterocycles. The lowest BCUT2D eigenvalue weighted by Gasteiger charge is -2.14. The van der Waals surface area contributed by atoms with Gasteiger partial charge in [0.15, 0.2) is 6.61 Å². The molecule has 1 atom stereocenters. The number of aromatic nitrogens is 2. The van der Waals surface area contributed by atoms with Gasteiger partial charge in [-0.1, -0.05) is 46.3 Å². The molecule has 3 aromatic rings. The summed E-state index contributed by atoms with van der Waals surface area (Å²) >= 11 is 3.33. The SMILES string of the molecule is CC(NC(=O)COC(=O)CCn1cnc2ccc(Br)cc2c1=O)c1ccccc1. The van der Waals surface area contributed by atoms with Gasteiger partial charge in [0.1, 0.15) is 0 Å². The van der Waals surface area contributed by atoms with Crippen molar-refractivity contribution < 1.29 is 14.3 Å². The van der Waals surface area contributed by atoms with Gasteiger partial charge in [-0.15, -0.1) is 0 Å². The number of ether oxygens (including phenoxy) is 1. The molecule has 1 amide bonds. The van der Waals surface area contributed by atoms with E-state index in [9.17, 15) is 14.4 Å². The Morgan fingerprint density at radius 3 is 2.72 bits per heavy atom. The van der Waals surface area contributed by atoms with E-state index in [1.165, 1.54) is 10.9 Å². The van der Waals surface area contributed by atoms with Crippen LogP contribution in [-0.2, 0) is 20.9 Å². The number of amides is 1. The van der Waals surface area contributed by atoms with E-state index in [1.807, 2.05) is 37.3 Å². The number of aryl methyl sites for hydroxylation is 1. The van der Waals surface area contributed by atoms with Gasteiger partial charge < -0.3 is 10.1 Å². The fourth-order valence-electron chi connectivity index (χ4n) is 2.83. The predicted octanol–water partition coefficient (Wildman–Crippen LogP) is 2.97. The maximum atomic E-state index is 12.5. The van der Waals surface area contributed by atoms with Crippen LogP contribution in [0.5, 0.6) is 0 Å². The van der Waals surface area contributed by atoms with Gasteiger partial charge in [0.05, 0.1) is 29.7 Å². The van der Waals surface area contributed by atoms with Crippen LogP contribution in [0.25, 0.3) is 10.9 Å². The molecule has 0 aliphatic rings. The monoisotopic (exact) mass is 457 g/mol. The van der Waals surface area contributed by atoms with Crippen molar-refractivity contribution in [1.29, 1.82) is 0 Å². The Morgan fingerprint density at radius 2 is 1.97 bits per heavy atom. The Bertz CT molecular complexity index is 1080. The van der Waals surface area contributed by atoms with Gasteiger partial charge in [-0.25, -0.2) is 4.98 Å². The molecule has 1 N–H and O–H groups in total. The second-order valence-corrected chi connectivity index (χ2v) is 7.43. The first-order valence-corrected chi connectivity index (χ1v) is 9.88. The minimum Gasteiger partial charge on any atom is -0.456 e. The normalized spacial score (nSPS) is 11.8. The Kier molecular flexibility index (Phi) is 6.77. The summed E-state index contributed by atoms with van der Waals surface area (Å²) in [7, 11) is 0. The van der Waals surface area contributed by atoms with E-state index in [2.05, 4.69) is 26.2 Å². The van der Waals surface area contributed by atoms with Crippen LogP contribution in [0.15, 0.2) is 64.1 Å². The van der Waals surface area contributed by atoms with Crippen molar-refractivity contribution in [1.82, 2.24) is 14.9 Å². The van der Waals surface area contributed by atoms with Gasteiger partial charge in [-0.3, -0.25) is 19.0 Å². The predicted molar refractivity (Wildman–Crippen MR) is 112 cm³/mol. The number of rotatable bonds is 7. The van der Waals surface area contributed by atoms with Crippen molar-refractivity contribution in [3.05, 3.63) is 75.2 Å². The first kappa shape index (κ1) is 20.7. The van der Waals surface area contributed by atoms with Crippen molar-refractivity contribution >= 4 is 38.7 Å². The maximum absolute atomic E-state index is 12.5. The minimum atomic E-state index is -0.561. The summed E-state index contributed by atoms with van der Waals surface area (Å²) in [6, 6.07) is 14.5. The van der Waals surface area contributed by atoms with Crippen molar-refractivity contribution in [2.45, 2.75) is 25.9 Å². The Balaban J connectivity index is 1.50. The van der Waals surface area contributed by atoms with E-state index in [0.29, 0.717) is 10.9 Å². The molecule has 8 heteroatoms. The molecule has 0 radical (unpaired) electrons. The Labute approximate surface area is 175 Å². The average Bonchev–Trinajstić information content (AvgIpc) is 2.72. The molecule has 0 fully saturated rings. The lowest BCUT2D eigenvalue weighted by Crippen LogP contribution is -2.31. The van der Waals surface area contributed by atoms with Crippen LogP contribution in [0.1, 0.15) is 24.9 Å². The highest BCUT2D eigenvalue weighted by Gasteiger charge is 2.12. The third kappa shape index (κ3) is 5.51. The largest absolute Gasteiger partial charge is 0.456 e. The molecule has 29 heavy (non-hydrogen) atoms. The van der Waals surface area contributed by atoms with Gasteiger partial charge >= 0.3 is 5.97 Å². The van der Waals surface area contributed by atoms with E-state index in [0.717, 1.165) is 10.0 Å². The summed E-state index contributed by atoms with van der Waals surface area (Å²) in [5, 5.41) is 3.24. The molecule has 0 aliphatic carbocycles. The van der Waals surface area contributed by atoms with Crippen LogP contribution in [0.3, 0.4) is 0 Å². The van der Waals surface area contributed by atoms with Crippen LogP contribution in [-0.4, -0.2) is 28.0 Å². The van der Waals surface area contributed by atoms with Crippen LogP contribution in [0.2, 0.25) is 0 Å². The molecular formula is C21H20BrN3O4. The van der Waals surface area contributed by atoms with Gasteiger partial charge in [-0.2, -0.15) is 0 Å². The van der Waals surface area contributed by atoms with Crippen LogP contribution in [0.4, 0.5) is 0 Å². The van der Waals surface area contributed by atoms with E-state index in [-0.39, 0.29) is 37.1 Å². The Morgan fingerprint density at radius 1 is 1.21 bits per heavy atom. The topological polar surface area (TPSA) is 90.3 Å². The molecule has 150 valence electrons. The lowest BCUT2D eigenvalue weighted by atomic mass is 10.1. The van der Waals surface area contributed by atoms with E-state index < -0.39 is 5.97 Å². The van der Waals surface area contributed by atoms with Crippen molar-refractivity contribution in [2.24, 2.45) is 0 Å². The van der Waals surface area contributed by atoms with E-state index in [1.54, 1.807) is 18.2 Å².